The van der Waals surface area contributed by atoms with Gasteiger partial charge in [-0.3, -0.25) is 4.90 Å². The third-order valence-corrected chi connectivity index (χ3v) is 7.64. The van der Waals surface area contributed by atoms with E-state index >= 15 is 0 Å². The van der Waals surface area contributed by atoms with E-state index in [0.29, 0.717) is 36.8 Å². The Bertz CT molecular complexity index is 1270. The summed E-state index contributed by atoms with van der Waals surface area (Å²) in [7, 11) is 1.02. The van der Waals surface area contributed by atoms with Crippen LogP contribution in [0.25, 0.3) is 0 Å². The summed E-state index contributed by atoms with van der Waals surface area (Å²) in [4.78, 5) is 6.55. The van der Waals surface area contributed by atoms with Crippen molar-refractivity contribution >= 4 is 9.84 Å². The van der Waals surface area contributed by atoms with E-state index in [1.54, 1.807) is 44.6 Å². The van der Waals surface area contributed by atoms with E-state index in [9.17, 15) is 13.5 Å². The van der Waals surface area contributed by atoms with E-state index < -0.39 is 15.9 Å². The first-order valence-corrected chi connectivity index (χ1v) is 12.7. The quantitative estimate of drug-likeness (QED) is 0.466. The van der Waals surface area contributed by atoms with Crippen molar-refractivity contribution in [2.75, 3.05) is 27.9 Å². The summed E-state index contributed by atoms with van der Waals surface area (Å²) >= 11 is 0. The summed E-state index contributed by atoms with van der Waals surface area (Å²) in [6, 6.07) is 9.90. The molecule has 1 aromatic heterocycles. The second-order valence-electron chi connectivity index (χ2n) is 8.45. The molecular formula is C24H29N3O7S. The van der Waals surface area contributed by atoms with Crippen LogP contribution in [0.2, 0.25) is 0 Å². The van der Waals surface area contributed by atoms with Gasteiger partial charge in [-0.25, -0.2) is 8.42 Å². The zero-order chi connectivity index (χ0) is 25.2. The number of methoxy groups -OCH3 is 3. The van der Waals surface area contributed by atoms with Crippen molar-refractivity contribution in [2.45, 2.75) is 42.7 Å². The molecule has 188 valence electrons. The SMILES string of the molecule is COc1ccc(CN2CC(O)CC2c2nc(CS(=O)(=O)c3ccc(C)cc3)no2)c(OC)c1OC. The average molecular weight is 504 g/mol. The van der Waals surface area contributed by atoms with Gasteiger partial charge >= 0.3 is 0 Å². The van der Waals surface area contributed by atoms with Gasteiger partial charge in [-0.2, -0.15) is 4.98 Å². The summed E-state index contributed by atoms with van der Waals surface area (Å²) in [5.41, 5.74) is 1.79. The van der Waals surface area contributed by atoms with Crippen molar-refractivity contribution in [3.05, 3.63) is 59.2 Å². The van der Waals surface area contributed by atoms with Crippen LogP contribution in [0.1, 0.15) is 35.3 Å². The van der Waals surface area contributed by atoms with Crippen molar-refractivity contribution in [3.8, 4) is 17.2 Å². The van der Waals surface area contributed by atoms with Crippen LogP contribution in [0.15, 0.2) is 45.8 Å². The van der Waals surface area contributed by atoms with Gasteiger partial charge < -0.3 is 23.8 Å². The van der Waals surface area contributed by atoms with E-state index in [2.05, 4.69) is 10.1 Å². The Labute approximate surface area is 204 Å². The third-order valence-electron chi connectivity index (χ3n) is 6.01. The first-order valence-electron chi connectivity index (χ1n) is 11.1. The minimum atomic E-state index is -3.63. The summed E-state index contributed by atoms with van der Waals surface area (Å²) in [6.45, 7) is 2.67. The molecule has 1 aliphatic rings. The highest BCUT2D eigenvalue weighted by molar-refractivity contribution is 7.90. The van der Waals surface area contributed by atoms with Crippen LogP contribution in [0.4, 0.5) is 0 Å². The molecule has 0 amide bonds. The van der Waals surface area contributed by atoms with Gasteiger partial charge in [0.25, 0.3) is 0 Å². The lowest BCUT2D eigenvalue weighted by Gasteiger charge is -2.23. The molecule has 1 aliphatic heterocycles. The molecule has 4 rings (SSSR count). The van der Waals surface area contributed by atoms with Crippen molar-refractivity contribution in [2.24, 2.45) is 0 Å². The Kier molecular flexibility index (Phi) is 7.29. The first-order chi connectivity index (χ1) is 16.7. The smallest absolute Gasteiger partial charge is 0.244 e. The molecule has 2 heterocycles. The van der Waals surface area contributed by atoms with Gasteiger partial charge in [0.1, 0.15) is 5.75 Å². The predicted molar refractivity (Wildman–Crippen MR) is 126 cm³/mol. The highest BCUT2D eigenvalue weighted by Gasteiger charge is 2.37. The fourth-order valence-corrected chi connectivity index (χ4v) is 5.45. The molecule has 0 radical (unpaired) electrons. The normalized spacial score (nSPS) is 18.5. The Hall–Kier alpha value is -3.15. The molecule has 0 bridgehead atoms. The van der Waals surface area contributed by atoms with Crippen LogP contribution >= 0.6 is 0 Å². The van der Waals surface area contributed by atoms with E-state index in [0.717, 1.165) is 11.1 Å². The summed E-state index contributed by atoms with van der Waals surface area (Å²) in [5, 5.41) is 14.3. The number of hydrogen-bond acceptors (Lipinski definition) is 10. The Morgan fingerprint density at radius 1 is 1.06 bits per heavy atom. The third kappa shape index (κ3) is 5.26. The zero-order valence-electron chi connectivity index (χ0n) is 20.1. The predicted octanol–water partition coefficient (Wildman–Crippen LogP) is 2.69. The van der Waals surface area contributed by atoms with Crippen LogP contribution in [0, 0.1) is 6.92 Å². The topological polar surface area (TPSA) is 124 Å². The molecule has 0 aliphatic carbocycles. The number of hydrogen-bond donors (Lipinski definition) is 1. The lowest BCUT2D eigenvalue weighted by molar-refractivity contribution is 0.168. The molecule has 1 fully saturated rings. The lowest BCUT2D eigenvalue weighted by atomic mass is 10.1. The minimum Gasteiger partial charge on any atom is -0.493 e. The number of aryl methyl sites for hydroxylation is 1. The van der Waals surface area contributed by atoms with E-state index in [1.807, 2.05) is 17.9 Å². The van der Waals surface area contributed by atoms with Gasteiger partial charge in [-0.15, -0.1) is 0 Å². The summed E-state index contributed by atoms with van der Waals surface area (Å²) in [5.74, 6) is 1.51. The maximum Gasteiger partial charge on any atom is 0.244 e. The van der Waals surface area contributed by atoms with Gasteiger partial charge in [0.05, 0.1) is 38.4 Å². The number of ether oxygens (including phenoxy) is 3. The van der Waals surface area contributed by atoms with Crippen molar-refractivity contribution < 1.29 is 32.3 Å². The monoisotopic (exact) mass is 503 g/mol. The largest absolute Gasteiger partial charge is 0.493 e. The summed E-state index contributed by atoms with van der Waals surface area (Å²) in [6.07, 6.45) is -0.222. The molecule has 2 atom stereocenters. The number of aliphatic hydroxyl groups is 1. The zero-order valence-corrected chi connectivity index (χ0v) is 20.9. The first kappa shape index (κ1) is 25.0. The average Bonchev–Trinajstić information content (AvgIpc) is 3.44. The highest BCUT2D eigenvalue weighted by atomic mass is 32.2. The Balaban J connectivity index is 1.55. The second kappa shape index (κ2) is 10.2. The number of benzene rings is 2. The number of rotatable bonds is 9. The van der Waals surface area contributed by atoms with Gasteiger partial charge in [0.15, 0.2) is 27.2 Å². The van der Waals surface area contributed by atoms with Crippen molar-refractivity contribution in [1.29, 1.82) is 0 Å². The fourth-order valence-electron chi connectivity index (χ4n) is 4.28. The van der Waals surface area contributed by atoms with Crippen LogP contribution < -0.4 is 14.2 Å². The number of nitrogens with zero attached hydrogens (tertiary/aromatic N) is 3. The number of sulfone groups is 1. The maximum absolute atomic E-state index is 12.8. The Morgan fingerprint density at radius 2 is 1.77 bits per heavy atom. The van der Waals surface area contributed by atoms with Crippen LogP contribution in [-0.2, 0) is 22.1 Å². The molecule has 11 heteroatoms. The minimum absolute atomic E-state index is 0.0746. The van der Waals surface area contributed by atoms with Crippen LogP contribution in [-0.4, -0.2) is 62.5 Å². The van der Waals surface area contributed by atoms with Crippen molar-refractivity contribution in [1.82, 2.24) is 15.0 Å². The number of aliphatic hydroxyl groups excluding tert-OH is 1. The molecule has 3 aromatic rings. The van der Waals surface area contributed by atoms with Crippen LogP contribution in [0.5, 0.6) is 17.2 Å². The number of β-amino-alcohol motifs (C(OH)–C–C–N with tert-alkyl or cyclic N) is 1. The molecule has 2 unspecified atom stereocenters. The van der Waals surface area contributed by atoms with Gasteiger partial charge in [0, 0.05) is 18.7 Å². The second-order valence-corrected chi connectivity index (χ2v) is 10.4. The molecule has 1 saturated heterocycles. The molecule has 0 spiro atoms. The molecule has 1 N–H and O–H groups in total. The van der Waals surface area contributed by atoms with E-state index in [1.165, 1.54) is 7.11 Å². The van der Waals surface area contributed by atoms with E-state index in [4.69, 9.17) is 18.7 Å². The number of aromatic nitrogens is 2. The molecule has 0 saturated carbocycles. The van der Waals surface area contributed by atoms with E-state index in [-0.39, 0.29) is 28.4 Å². The molecule has 2 aromatic carbocycles. The fraction of sp³-hybridized carbons (Fsp3) is 0.417. The van der Waals surface area contributed by atoms with Crippen molar-refractivity contribution in [3.63, 3.8) is 0 Å². The maximum atomic E-state index is 12.8. The standard InChI is InChI=1S/C24H29N3O7S/c1-15-5-8-18(9-6-15)35(29,30)14-21-25-24(34-26-21)19-11-17(28)13-27(19)12-16-7-10-20(31-2)23(33-4)22(16)32-3/h5-10,17,19,28H,11-14H2,1-4H3. The Morgan fingerprint density at radius 3 is 2.43 bits per heavy atom. The molecule has 10 nitrogen and oxygen atoms in total. The highest BCUT2D eigenvalue weighted by Crippen LogP contribution is 2.42. The number of likely N-dealkylation sites (tertiary alicyclic amines) is 1. The molecule has 35 heavy (non-hydrogen) atoms. The lowest BCUT2D eigenvalue weighted by Crippen LogP contribution is -2.25. The van der Waals surface area contributed by atoms with Crippen LogP contribution in [0.3, 0.4) is 0 Å². The van der Waals surface area contributed by atoms with Gasteiger partial charge in [-0.1, -0.05) is 28.9 Å². The van der Waals surface area contributed by atoms with Gasteiger partial charge in [-0.05, 0) is 31.5 Å². The van der Waals surface area contributed by atoms with Gasteiger partial charge in [0.2, 0.25) is 11.6 Å². The molecular weight excluding hydrogens is 474 g/mol. The summed E-state index contributed by atoms with van der Waals surface area (Å²) < 4.78 is 47.4.